The summed E-state index contributed by atoms with van der Waals surface area (Å²) in [4.78, 5) is 0. The van der Waals surface area contributed by atoms with Crippen molar-refractivity contribution in [2.75, 3.05) is 0 Å². The fourth-order valence-electron chi connectivity index (χ4n) is 38.8. The van der Waals surface area contributed by atoms with Crippen molar-refractivity contribution in [2.24, 2.45) is 161 Å². The normalized spacial score (nSPS) is 111. The van der Waals surface area contributed by atoms with Gasteiger partial charge in [-0.2, -0.15) is 0 Å². The first-order valence-electron chi connectivity index (χ1n) is 20.8. The van der Waals surface area contributed by atoms with Crippen LogP contribution in [-0.2, 0) is 0 Å². The van der Waals surface area contributed by atoms with Gasteiger partial charge in [0, 0.05) is 0 Å². The molecule has 19 fully saturated rings. The third kappa shape index (κ3) is 0.586. The van der Waals surface area contributed by atoms with Crippen molar-refractivity contribution in [1.29, 1.82) is 0 Å². The molecule has 0 amide bonds. The average molecular weight is 595 g/mol. The number of hydrogen-bond acceptors (Lipinski definition) is 0. The molecule has 0 bridgehead atoms. The van der Waals surface area contributed by atoms with E-state index in [1.165, 1.54) is 0 Å². The van der Waals surface area contributed by atoms with Crippen LogP contribution in [0.2, 0.25) is 0 Å². The number of fused-ring (bicyclic) bond motifs is 9. The molecule has 0 radical (unpaired) electrons. The Morgan fingerprint density at radius 2 is 0.800 bits per heavy atom. The zero-order chi connectivity index (χ0) is 30.5. The molecule has 19 rings (SSSR count). The zero-order valence-corrected chi connectivity index (χ0v) is 30.5. The Labute approximate surface area is 270 Å². The van der Waals surface area contributed by atoms with Crippen molar-refractivity contribution in [3.8, 4) is 0 Å². The lowest BCUT2D eigenvalue weighted by atomic mass is 8.54. The summed E-state index contributed by atoms with van der Waals surface area (Å²) in [7, 11) is 0. The molecule has 19 aliphatic rings. The van der Waals surface area contributed by atoms with E-state index in [9.17, 15) is 0 Å². The van der Waals surface area contributed by atoms with Crippen molar-refractivity contribution in [1.82, 2.24) is 0 Å². The maximum absolute atomic E-state index is 3.15. The van der Waals surface area contributed by atoms with E-state index in [0.717, 1.165) is 69.0 Å². The van der Waals surface area contributed by atoms with Gasteiger partial charge >= 0.3 is 0 Å². The minimum Gasteiger partial charge on any atom is -0.0616 e. The molecule has 0 saturated heterocycles. The van der Waals surface area contributed by atoms with Gasteiger partial charge in [-0.05, 0) is 174 Å². The maximum Gasteiger partial charge on any atom is -0.00146 e. The Bertz CT molecular complexity index is 2200. The second kappa shape index (κ2) is 3.52. The SMILES string of the molecule is CC1C2C3CC4C5CC6C7C(C)C8(C)C9(C)C%10(C)C%11(C)C%12(C)C%13(C)C1(C)C21C34C2(C)C3(C)C4(C)C5%14C5(C)C6(C)C78C95C%10%14C%114C%123C%1321. The molecule has 9 spiro atoms. The quantitative estimate of drug-likeness (QED) is 0.263. The summed E-state index contributed by atoms with van der Waals surface area (Å²) < 4.78 is 0. The molecule has 0 aliphatic heterocycles. The summed E-state index contributed by atoms with van der Waals surface area (Å²) in [5.74, 6) is 8.52. The Kier molecular flexibility index (Phi) is 1.72. The van der Waals surface area contributed by atoms with Crippen LogP contribution in [0.15, 0.2) is 0 Å². The fraction of sp³-hybridized carbons (Fsp3) is 1.00. The monoisotopic (exact) mass is 594 g/mol. The van der Waals surface area contributed by atoms with Gasteiger partial charge in [0.15, 0.2) is 0 Å². The van der Waals surface area contributed by atoms with Crippen molar-refractivity contribution in [3.63, 3.8) is 0 Å². The molecule has 0 heteroatoms. The van der Waals surface area contributed by atoms with Gasteiger partial charge in [-0.15, -0.1) is 0 Å². The fourth-order valence-corrected chi connectivity index (χ4v) is 38.8. The summed E-state index contributed by atoms with van der Waals surface area (Å²) in [5.41, 5.74) is 13.5. The van der Waals surface area contributed by atoms with E-state index in [4.69, 9.17) is 0 Å². The zero-order valence-electron chi connectivity index (χ0n) is 30.5. The van der Waals surface area contributed by atoms with Gasteiger partial charge in [-0.3, -0.25) is 0 Å². The molecule has 0 nitrogen and oxygen atoms in total. The standard InChI is InChI=1S/C45H54/c1-17-23-21-16-20-19-15-22-24-18(2)26(4)29(7)31(9)33(11)32(10)28(6)25(17,3)39(23)27(21,5)30(8)38(20)36(14)34(12)35(13)37(19,22)40(24,26)42(29,35)43(31,34)44(33,36)45(32,38)41(28,30)39/h17-24H,15-16H2,1-14H3. The molecule has 234 valence electrons. The third-order valence-corrected chi connectivity index (χ3v) is 34.1. The molecule has 0 aromatic carbocycles. The predicted octanol–water partition coefficient (Wildman–Crippen LogP) is 8.95. The van der Waals surface area contributed by atoms with Crippen molar-refractivity contribution in [3.05, 3.63) is 0 Å². The van der Waals surface area contributed by atoms with Crippen LogP contribution in [0, 0.1) is 161 Å². The number of hydrogen-bond donors (Lipinski definition) is 0. The summed E-state index contributed by atoms with van der Waals surface area (Å²) in [6.45, 7) is 42.5. The lowest BCUT2D eigenvalue weighted by Gasteiger charge is -3.48. The van der Waals surface area contributed by atoms with Crippen LogP contribution in [0.1, 0.15) is 110 Å². The highest BCUT2D eigenvalue weighted by Crippen LogP contribution is 3.52. The first-order chi connectivity index (χ1) is 20.8. The molecular formula is C45H54. The molecule has 45 heavy (non-hydrogen) atoms. The molecule has 29 unspecified atom stereocenters. The van der Waals surface area contributed by atoms with E-state index in [-0.39, 0.29) is 0 Å². The van der Waals surface area contributed by atoms with Crippen LogP contribution in [-0.4, -0.2) is 0 Å². The molecule has 29 atom stereocenters. The Morgan fingerprint density at radius 1 is 0.333 bits per heavy atom. The van der Waals surface area contributed by atoms with Gasteiger partial charge < -0.3 is 0 Å². The van der Waals surface area contributed by atoms with Gasteiger partial charge in [0.1, 0.15) is 0 Å². The molecule has 0 heterocycles. The Balaban J connectivity index is 1.10. The van der Waals surface area contributed by atoms with Gasteiger partial charge in [0.2, 0.25) is 0 Å². The van der Waals surface area contributed by atoms with E-state index in [1.54, 1.807) is 12.8 Å². The minimum absolute atomic E-state index is 0.534. The molecule has 0 aromatic rings. The topological polar surface area (TPSA) is 0 Å². The van der Waals surface area contributed by atoms with Crippen molar-refractivity contribution in [2.45, 2.75) is 110 Å². The van der Waals surface area contributed by atoms with E-state index >= 15 is 0 Å². The van der Waals surface area contributed by atoms with Gasteiger partial charge in [0.05, 0.1) is 0 Å². The third-order valence-electron chi connectivity index (χ3n) is 34.1. The summed E-state index contributed by atoms with van der Waals surface area (Å²) in [6.07, 6.45) is 3.38. The predicted molar refractivity (Wildman–Crippen MR) is 168 cm³/mol. The van der Waals surface area contributed by atoms with Crippen LogP contribution >= 0.6 is 0 Å². The van der Waals surface area contributed by atoms with Gasteiger partial charge in [-0.1, -0.05) is 96.9 Å². The smallest absolute Gasteiger partial charge is 0.00146 e. The van der Waals surface area contributed by atoms with Crippen LogP contribution in [0.25, 0.3) is 0 Å². The van der Waals surface area contributed by atoms with Gasteiger partial charge in [-0.25, -0.2) is 0 Å². The first kappa shape index (κ1) is 22.0. The maximum atomic E-state index is 3.15. The largest absolute Gasteiger partial charge is 0.0616 e. The van der Waals surface area contributed by atoms with Crippen LogP contribution in [0.5, 0.6) is 0 Å². The van der Waals surface area contributed by atoms with Crippen LogP contribution in [0.4, 0.5) is 0 Å². The van der Waals surface area contributed by atoms with Crippen LogP contribution in [0.3, 0.4) is 0 Å². The molecule has 0 aromatic heterocycles. The van der Waals surface area contributed by atoms with E-state index in [1.807, 2.05) is 0 Å². The molecule has 19 saturated carbocycles. The summed E-state index contributed by atoms with van der Waals surface area (Å²) >= 11 is 0. The summed E-state index contributed by atoms with van der Waals surface area (Å²) in [6, 6.07) is 0. The lowest BCUT2D eigenvalue weighted by molar-refractivity contribution is -1.03. The minimum atomic E-state index is 0.534. The molecule has 0 N–H and O–H groups in total. The Hall–Kier alpha value is 0. The first-order valence-corrected chi connectivity index (χ1v) is 20.8. The van der Waals surface area contributed by atoms with Crippen LogP contribution < -0.4 is 0 Å². The highest BCUT2D eigenvalue weighted by atomic mass is 15.5. The highest BCUT2D eigenvalue weighted by Gasteiger charge is 3.50. The van der Waals surface area contributed by atoms with Gasteiger partial charge in [0.25, 0.3) is 0 Å². The second-order valence-corrected chi connectivity index (χ2v) is 26.3. The highest BCUT2D eigenvalue weighted by molar-refractivity contribution is 5.95. The van der Waals surface area contributed by atoms with Crippen molar-refractivity contribution >= 4 is 0 Å². The summed E-state index contributed by atoms with van der Waals surface area (Å²) in [5, 5.41) is 0. The van der Waals surface area contributed by atoms with E-state index < -0.39 is 0 Å². The van der Waals surface area contributed by atoms with E-state index in [2.05, 4.69) is 96.9 Å². The average Bonchev–Trinajstić information content (AvgIpc) is 3.00. The van der Waals surface area contributed by atoms with Crippen molar-refractivity contribution < 1.29 is 0 Å². The molecule has 19 aliphatic carbocycles. The number of rotatable bonds is 0. The molecular weight excluding hydrogens is 540 g/mol. The second-order valence-electron chi connectivity index (χ2n) is 26.3. The Morgan fingerprint density at radius 3 is 1.44 bits per heavy atom. The lowest BCUT2D eigenvalue weighted by Crippen LogP contribution is -3.46. The van der Waals surface area contributed by atoms with E-state index in [0.29, 0.717) is 92.1 Å².